The summed E-state index contributed by atoms with van der Waals surface area (Å²) in [6.45, 7) is 5.19. The zero-order valence-corrected chi connectivity index (χ0v) is 17.6. The van der Waals surface area contributed by atoms with Crippen LogP contribution in [-0.2, 0) is 22.4 Å². The first kappa shape index (κ1) is 20.1. The van der Waals surface area contributed by atoms with Crippen molar-refractivity contribution >= 4 is 45.0 Å². The van der Waals surface area contributed by atoms with Crippen LogP contribution in [0.25, 0.3) is 10.2 Å². The highest BCUT2D eigenvalue weighted by Crippen LogP contribution is 2.34. The fourth-order valence-electron chi connectivity index (χ4n) is 3.56. The molecule has 8 heteroatoms. The molecule has 0 bridgehead atoms. The first-order valence-electron chi connectivity index (χ1n) is 9.23. The Morgan fingerprint density at radius 3 is 2.78 bits per heavy atom. The number of carbonyl (C=O) groups excluding carboxylic acids is 2. The van der Waals surface area contributed by atoms with Crippen molar-refractivity contribution in [3.63, 3.8) is 0 Å². The first-order valence-corrected chi connectivity index (χ1v) is 11.0. The van der Waals surface area contributed by atoms with Gasteiger partial charge in [0.25, 0.3) is 5.56 Å². The van der Waals surface area contributed by atoms with Crippen LogP contribution in [-0.4, -0.2) is 33.0 Å². The summed E-state index contributed by atoms with van der Waals surface area (Å²) in [6, 6.07) is 0. The van der Waals surface area contributed by atoms with Crippen LogP contribution in [0.2, 0.25) is 0 Å². The number of H-pyrrole nitrogens is 1. The van der Waals surface area contributed by atoms with E-state index in [0.29, 0.717) is 23.8 Å². The van der Waals surface area contributed by atoms with Gasteiger partial charge in [0, 0.05) is 29.0 Å². The average Bonchev–Trinajstić information content (AvgIpc) is 2.91. The van der Waals surface area contributed by atoms with Crippen LogP contribution in [0.15, 0.2) is 9.95 Å². The maximum atomic E-state index is 12.5. The lowest BCUT2D eigenvalue weighted by Crippen LogP contribution is -2.44. The number of nitrogens with zero attached hydrogens (tertiary/aromatic N) is 1. The highest BCUT2D eigenvalue weighted by atomic mass is 32.2. The number of aromatic nitrogens is 2. The van der Waals surface area contributed by atoms with E-state index < -0.39 is 5.54 Å². The molecule has 0 spiro atoms. The van der Waals surface area contributed by atoms with E-state index in [-0.39, 0.29) is 17.2 Å². The van der Waals surface area contributed by atoms with Crippen LogP contribution in [0.1, 0.15) is 56.9 Å². The Morgan fingerprint density at radius 1 is 1.30 bits per heavy atom. The van der Waals surface area contributed by atoms with Gasteiger partial charge in [-0.1, -0.05) is 11.8 Å². The number of aromatic amines is 1. The third-order valence-corrected chi connectivity index (χ3v) is 6.60. The second kappa shape index (κ2) is 8.14. The van der Waals surface area contributed by atoms with E-state index in [2.05, 4.69) is 15.3 Å². The molecule has 0 saturated heterocycles. The van der Waals surface area contributed by atoms with Crippen LogP contribution in [0.3, 0.4) is 0 Å². The Hall–Kier alpha value is -1.67. The zero-order valence-electron chi connectivity index (χ0n) is 15.9. The van der Waals surface area contributed by atoms with Gasteiger partial charge in [0.2, 0.25) is 5.91 Å². The molecule has 2 N–H and O–H groups in total. The van der Waals surface area contributed by atoms with E-state index in [1.807, 2.05) is 13.8 Å². The fourth-order valence-corrected chi connectivity index (χ4v) is 5.68. The number of aryl methyl sites for hydroxylation is 2. The molecule has 1 aliphatic carbocycles. The van der Waals surface area contributed by atoms with E-state index >= 15 is 0 Å². The Labute approximate surface area is 166 Å². The molecule has 0 unspecified atom stereocenters. The van der Waals surface area contributed by atoms with Crippen molar-refractivity contribution in [2.75, 3.05) is 5.75 Å². The van der Waals surface area contributed by atoms with Crippen molar-refractivity contribution in [1.82, 2.24) is 15.3 Å². The number of thiophene rings is 1. The Kier molecular flexibility index (Phi) is 6.05. The summed E-state index contributed by atoms with van der Waals surface area (Å²) in [5.74, 6) is 0.453. The van der Waals surface area contributed by atoms with E-state index in [4.69, 9.17) is 0 Å². The lowest BCUT2D eigenvalue weighted by Gasteiger charge is -2.24. The number of nitrogens with one attached hydrogen (secondary N) is 2. The third kappa shape index (κ3) is 4.99. The number of hydrogen-bond acceptors (Lipinski definition) is 6. The van der Waals surface area contributed by atoms with Gasteiger partial charge < -0.3 is 10.3 Å². The van der Waals surface area contributed by atoms with Gasteiger partial charge in [-0.25, -0.2) is 4.98 Å². The van der Waals surface area contributed by atoms with Crippen LogP contribution >= 0.6 is 23.1 Å². The van der Waals surface area contributed by atoms with Crippen LogP contribution < -0.4 is 10.9 Å². The zero-order chi connectivity index (χ0) is 19.6. The summed E-state index contributed by atoms with van der Waals surface area (Å²) in [5, 5.41) is 4.19. The minimum atomic E-state index is -0.547. The molecule has 27 heavy (non-hydrogen) atoms. The highest BCUT2D eigenvalue weighted by molar-refractivity contribution is 7.99. The van der Waals surface area contributed by atoms with Gasteiger partial charge in [0.05, 0.1) is 5.39 Å². The number of amides is 1. The van der Waals surface area contributed by atoms with Gasteiger partial charge in [0.15, 0.2) is 5.16 Å². The summed E-state index contributed by atoms with van der Waals surface area (Å²) in [5.41, 5.74) is 0.558. The number of fused-ring (bicyclic) bond motifs is 3. The number of thioether (sulfide) groups is 1. The van der Waals surface area contributed by atoms with Gasteiger partial charge in [-0.05, 0) is 52.0 Å². The average molecular weight is 408 g/mol. The predicted molar refractivity (Wildman–Crippen MR) is 110 cm³/mol. The first-order chi connectivity index (χ1) is 12.7. The molecule has 3 rings (SSSR count). The van der Waals surface area contributed by atoms with Gasteiger partial charge in [-0.2, -0.15) is 0 Å². The van der Waals surface area contributed by atoms with Crippen LogP contribution in [0, 0.1) is 0 Å². The van der Waals surface area contributed by atoms with Gasteiger partial charge in [0.1, 0.15) is 10.6 Å². The van der Waals surface area contributed by atoms with Crippen molar-refractivity contribution in [2.24, 2.45) is 0 Å². The summed E-state index contributed by atoms with van der Waals surface area (Å²) >= 11 is 3.00. The quantitative estimate of drug-likeness (QED) is 0.543. The number of hydrogen-bond donors (Lipinski definition) is 2. The molecule has 2 aromatic rings. The molecular weight excluding hydrogens is 382 g/mol. The van der Waals surface area contributed by atoms with Crippen molar-refractivity contribution < 1.29 is 9.59 Å². The summed E-state index contributed by atoms with van der Waals surface area (Å²) in [4.78, 5) is 45.4. The molecule has 1 aliphatic rings. The number of Topliss-reactive ketones (excluding diaryl/α,β-unsaturated/α-hetero) is 1. The molecule has 1 amide bonds. The van der Waals surface area contributed by atoms with E-state index in [9.17, 15) is 14.4 Å². The van der Waals surface area contributed by atoms with E-state index in [1.165, 1.54) is 35.5 Å². The lowest BCUT2D eigenvalue weighted by atomic mass is 9.97. The Bertz CT molecular complexity index is 930. The SMILES string of the molecule is CC(=O)CC(C)(C)NC(=O)CCSc1nc2sc3c(c2c(=O)[nH]1)CCCC3. The molecule has 0 aromatic carbocycles. The van der Waals surface area contributed by atoms with Crippen molar-refractivity contribution in [3.05, 3.63) is 20.8 Å². The highest BCUT2D eigenvalue weighted by Gasteiger charge is 2.22. The molecule has 6 nitrogen and oxygen atoms in total. The topological polar surface area (TPSA) is 91.9 Å². The van der Waals surface area contributed by atoms with Gasteiger partial charge in [-0.15, -0.1) is 11.3 Å². The monoisotopic (exact) mass is 407 g/mol. The Balaban J connectivity index is 1.62. The predicted octanol–water partition coefficient (Wildman–Crippen LogP) is 3.22. The van der Waals surface area contributed by atoms with Crippen molar-refractivity contribution in [2.45, 2.75) is 70.0 Å². The summed E-state index contributed by atoms with van der Waals surface area (Å²) in [7, 11) is 0. The molecule has 2 heterocycles. The molecule has 0 radical (unpaired) electrons. The molecule has 2 aromatic heterocycles. The van der Waals surface area contributed by atoms with E-state index in [1.54, 1.807) is 11.3 Å². The number of rotatable bonds is 7. The standard InChI is InChI=1S/C19H25N3O3S2/c1-11(23)10-19(2,3)22-14(24)8-9-26-18-20-16(25)15-12-6-4-5-7-13(12)27-17(15)21-18/h4-10H2,1-3H3,(H,22,24)(H,20,21,25). The lowest BCUT2D eigenvalue weighted by molar-refractivity contribution is -0.123. The van der Waals surface area contributed by atoms with Crippen molar-refractivity contribution in [1.29, 1.82) is 0 Å². The van der Waals surface area contributed by atoms with Crippen LogP contribution in [0.4, 0.5) is 0 Å². The van der Waals surface area contributed by atoms with Gasteiger partial charge in [-0.3, -0.25) is 14.4 Å². The number of ketones is 1. The van der Waals surface area contributed by atoms with Crippen molar-refractivity contribution in [3.8, 4) is 0 Å². The molecule has 0 saturated carbocycles. The van der Waals surface area contributed by atoms with Crippen LogP contribution in [0.5, 0.6) is 0 Å². The molecule has 146 valence electrons. The second-order valence-corrected chi connectivity index (χ2v) is 9.84. The normalized spacial score (nSPS) is 14.2. The molecule has 0 fully saturated rings. The fraction of sp³-hybridized carbons (Fsp3) is 0.579. The van der Waals surface area contributed by atoms with Gasteiger partial charge >= 0.3 is 0 Å². The molecular formula is C19H25N3O3S2. The second-order valence-electron chi connectivity index (χ2n) is 7.67. The maximum absolute atomic E-state index is 12.5. The number of carbonyl (C=O) groups is 2. The van der Waals surface area contributed by atoms with E-state index in [0.717, 1.165) is 29.5 Å². The molecule has 0 atom stereocenters. The smallest absolute Gasteiger partial charge is 0.260 e. The maximum Gasteiger partial charge on any atom is 0.260 e. The summed E-state index contributed by atoms with van der Waals surface area (Å²) in [6.07, 6.45) is 4.91. The summed E-state index contributed by atoms with van der Waals surface area (Å²) < 4.78 is 0. The minimum Gasteiger partial charge on any atom is -0.351 e. The molecule has 0 aliphatic heterocycles. The largest absolute Gasteiger partial charge is 0.351 e. The third-order valence-electron chi connectivity index (χ3n) is 4.54. The minimum absolute atomic E-state index is 0.0448. The Morgan fingerprint density at radius 2 is 2.04 bits per heavy atom.